The van der Waals surface area contributed by atoms with E-state index in [1.165, 1.54) is 6.92 Å². The van der Waals surface area contributed by atoms with Gasteiger partial charge >= 0.3 is 0 Å². The lowest BCUT2D eigenvalue weighted by Crippen LogP contribution is -2.47. The predicted octanol–water partition coefficient (Wildman–Crippen LogP) is -0.914. The molecular formula is C12H23N3O3. The van der Waals surface area contributed by atoms with Gasteiger partial charge in [0.1, 0.15) is 0 Å². The van der Waals surface area contributed by atoms with Gasteiger partial charge in [0.05, 0.1) is 13.2 Å². The number of hydrogen-bond donors (Lipinski definition) is 3. The van der Waals surface area contributed by atoms with Gasteiger partial charge in [0.25, 0.3) is 0 Å². The quantitative estimate of drug-likeness (QED) is 0.538. The lowest BCUT2D eigenvalue weighted by Gasteiger charge is -2.33. The number of aliphatic hydroxyl groups excluding tert-OH is 1. The van der Waals surface area contributed by atoms with E-state index < -0.39 is 0 Å². The standard InChI is InChI=1S/C12H23N3O3/c1-10(17)13-5-6-14-12(18)8-15-7-3-2-4-11(15)9-16/h11,16H,2-9H2,1H3,(H,13,17)(H,14,18). The van der Waals surface area contributed by atoms with Crippen molar-refractivity contribution >= 4 is 11.8 Å². The molecule has 2 amide bonds. The number of rotatable bonds is 6. The summed E-state index contributed by atoms with van der Waals surface area (Å²) in [6, 6.07) is 0.111. The van der Waals surface area contributed by atoms with E-state index in [1.807, 2.05) is 4.90 Å². The second-order valence-electron chi connectivity index (χ2n) is 4.64. The number of nitrogens with one attached hydrogen (secondary N) is 2. The Hall–Kier alpha value is -1.14. The molecule has 6 heteroatoms. The zero-order valence-electron chi connectivity index (χ0n) is 10.9. The molecule has 1 aliphatic heterocycles. The van der Waals surface area contributed by atoms with Crippen LogP contribution in [0, 0.1) is 0 Å². The Labute approximate surface area is 108 Å². The van der Waals surface area contributed by atoms with E-state index in [2.05, 4.69) is 10.6 Å². The summed E-state index contributed by atoms with van der Waals surface area (Å²) in [7, 11) is 0. The molecule has 1 unspecified atom stereocenters. The maximum atomic E-state index is 11.7. The second kappa shape index (κ2) is 8.05. The molecule has 1 fully saturated rings. The molecule has 1 saturated heterocycles. The lowest BCUT2D eigenvalue weighted by atomic mass is 10.0. The summed E-state index contributed by atoms with van der Waals surface area (Å²) in [5, 5.41) is 14.6. The third kappa shape index (κ3) is 5.46. The Balaban J connectivity index is 2.19. The normalized spacial score (nSPS) is 20.4. The number of piperidine rings is 1. The van der Waals surface area contributed by atoms with Crippen LogP contribution in [0.3, 0.4) is 0 Å². The van der Waals surface area contributed by atoms with Gasteiger partial charge in [-0.3, -0.25) is 14.5 Å². The van der Waals surface area contributed by atoms with Crippen LogP contribution in [0.15, 0.2) is 0 Å². The van der Waals surface area contributed by atoms with Crippen LogP contribution in [0.2, 0.25) is 0 Å². The highest BCUT2D eigenvalue weighted by atomic mass is 16.3. The molecular weight excluding hydrogens is 234 g/mol. The first-order valence-electron chi connectivity index (χ1n) is 6.49. The van der Waals surface area contributed by atoms with Crippen LogP contribution in [-0.2, 0) is 9.59 Å². The van der Waals surface area contributed by atoms with Crippen molar-refractivity contribution in [1.29, 1.82) is 0 Å². The molecule has 0 radical (unpaired) electrons. The van der Waals surface area contributed by atoms with E-state index in [4.69, 9.17) is 0 Å². The molecule has 0 aromatic rings. The SMILES string of the molecule is CC(=O)NCCNC(=O)CN1CCCCC1CO. The van der Waals surface area contributed by atoms with Crippen molar-refractivity contribution in [2.75, 3.05) is 32.8 Å². The first kappa shape index (κ1) is 14.9. The zero-order chi connectivity index (χ0) is 13.4. The second-order valence-corrected chi connectivity index (χ2v) is 4.64. The monoisotopic (exact) mass is 257 g/mol. The van der Waals surface area contributed by atoms with Crippen molar-refractivity contribution in [3.05, 3.63) is 0 Å². The molecule has 104 valence electrons. The number of amides is 2. The van der Waals surface area contributed by atoms with Crippen molar-refractivity contribution in [1.82, 2.24) is 15.5 Å². The van der Waals surface area contributed by atoms with Gasteiger partial charge < -0.3 is 15.7 Å². The van der Waals surface area contributed by atoms with Crippen molar-refractivity contribution in [3.8, 4) is 0 Å². The predicted molar refractivity (Wildman–Crippen MR) is 68.0 cm³/mol. The van der Waals surface area contributed by atoms with Crippen LogP contribution in [0.1, 0.15) is 26.2 Å². The number of hydrogen-bond acceptors (Lipinski definition) is 4. The van der Waals surface area contributed by atoms with Crippen LogP contribution in [0.5, 0.6) is 0 Å². The topological polar surface area (TPSA) is 81.7 Å². The van der Waals surface area contributed by atoms with E-state index >= 15 is 0 Å². The third-order valence-electron chi connectivity index (χ3n) is 3.13. The molecule has 0 aromatic heterocycles. The molecule has 0 aliphatic carbocycles. The molecule has 1 aliphatic rings. The summed E-state index contributed by atoms with van der Waals surface area (Å²) in [5.41, 5.74) is 0. The smallest absolute Gasteiger partial charge is 0.234 e. The fourth-order valence-corrected chi connectivity index (χ4v) is 2.16. The van der Waals surface area contributed by atoms with Gasteiger partial charge in [-0.1, -0.05) is 6.42 Å². The highest BCUT2D eigenvalue weighted by Gasteiger charge is 2.23. The average molecular weight is 257 g/mol. The largest absolute Gasteiger partial charge is 0.395 e. The first-order chi connectivity index (χ1) is 8.63. The summed E-state index contributed by atoms with van der Waals surface area (Å²) in [5.74, 6) is -0.152. The number of carbonyl (C=O) groups excluding carboxylic acids is 2. The maximum Gasteiger partial charge on any atom is 0.234 e. The Morgan fingerprint density at radius 3 is 2.67 bits per heavy atom. The Morgan fingerprint density at radius 2 is 2.00 bits per heavy atom. The number of carbonyl (C=O) groups is 2. The molecule has 0 spiro atoms. The lowest BCUT2D eigenvalue weighted by molar-refractivity contribution is -0.124. The van der Waals surface area contributed by atoms with E-state index in [0.29, 0.717) is 19.6 Å². The molecule has 0 saturated carbocycles. The molecule has 1 rings (SSSR count). The molecule has 3 N–H and O–H groups in total. The van der Waals surface area contributed by atoms with Crippen LogP contribution < -0.4 is 10.6 Å². The zero-order valence-corrected chi connectivity index (χ0v) is 10.9. The molecule has 1 heterocycles. The minimum atomic E-state index is -0.0966. The van der Waals surface area contributed by atoms with E-state index in [9.17, 15) is 14.7 Å². The molecule has 18 heavy (non-hydrogen) atoms. The number of aliphatic hydroxyl groups is 1. The van der Waals surface area contributed by atoms with Crippen LogP contribution >= 0.6 is 0 Å². The average Bonchev–Trinajstić information content (AvgIpc) is 2.35. The van der Waals surface area contributed by atoms with Crippen molar-refractivity contribution in [2.45, 2.75) is 32.2 Å². The molecule has 1 atom stereocenters. The summed E-state index contributed by atoms with van der Waals surface area (Å²) >= 11 is 0. The minimum absolute atomic E-state index is 0.0549. The fraction of sp³-hybridized carbons (Fsp3) is 0.833. The highest BCUT2D eigenvalue weighted by Crippen LogP contribution is 2.15. The van der Waals surface area contributed by atoms with E-state index in [1.54, 1.807) is 0 Å². The van der Waals surface area contributed by atoms with Gasteiger partial charge in [0.15, 0.2) is 0 Å². The Morgan fingerprint density at radius 1 is 1.28 bits per heavy atom. The fourth-order valence-electron chi connectivity index (χ4n) is 2.16. The third-order valence-corrected chi connectivity index (χ3v) is 3.13. The molecule has 0 bridgehead atoms. The maximum absolute atomic E-state index is 11.7. The van der Waals surface area contributed by atoms with Gasteiger partial charge in [-0.25, -0.2) is 0 Å². The Kier molecular flexibility index (Phi) is 6.67. The van der Waals surface area contributed by atoms with E-state index in [-0.39, 0.29) is 24.5 Å². The van der Waals surface area contributed by atoms with Crippen LogP contribution in [0.4, 0.5) is 0 Å². The molecule has 0 aromatic carbocycles. The van der Waals surface area contributed by atoms with Crippen LogP contribution in [-0.4, -0.2) is 60.6 Å². The number of nitrogens with zero attached hydrogens (tertiary/aromatic N) is 1. The summed E-state index contributed by atoms with van der Waals surface area (Å²) in [6.45, 7) is 3.64. The molecule has 6 nitrogen and oxygen atoms in total. The van der Waals surface area contributed by atoms with Crippen molar-refractivity contribution in [3.63, 3.8) is 0 Å². The Bertz CT molecular complexity index is 284. The highest BCUT2D eigenvalue weighted by molar-refractivity contribution is 5.78. The summed E-state index contributed by atoms with van der Waals surface area (Å²) in [4.78, 5) is 24.3. The van der Waals surface area contributed by atoms with Crippen molar-refractivity contribution < 1.29 is 14.7 Å². The van der Waals surface area contributed by atoms with Gasteiger partial charge in [-0.2, -0.15) is 0 Å². The van der Waals surface area contributed by atoms with Gasteiger partial charge in [0.2, 0.25) is 11.8 Å². The summed E-state index contributed by atoms with van der Waals surface area (Å²) in [6.07, 6.45) is 3.15. The van der Waals surface area contributed by atoms with Crippen LogP contribution in [0.25, 0.3) is 0 Å². The van der Waals surface area contributed by atoms with Gasteiger partial charge in [-0.15, -0.1) is 0 Å². The van der Waals surface area contributed by atoms with E-state index in [0.717, 1.165) is 25.8 Å². The summed E-state index contributed by atoms with van der Waals surface area (Å²) < 4.78 is 0. The number of likely N-dealkylation sites (tertiary alicyclic amines) is 1. The van der Waals surface area contributed by atoms with Gasteiger partial charge in [-0.05, 0) is 19.4 Å². The van der Waals surface area contributed by atoms with Gasteiger partial charge in [0, 0.05) is 26.1 Å². The minimum Gasteiger partial charge on any atom is -0.395 e. The first-order valence-corrected chi connectivity index (χ1v) is 6.49. The van der Waals surface area contributed by atoms with Crippen molar-refractivity contribution in [2.24, 2.45) is 0 Å².